The van der Waals surface area contributed by atoms with Crippen LogP contribution >= 0.6 is 21.6 Å². The Kier molecular flexibility index (Phi) is 26.2. The van der Waals surface area contributed by atoms with Crippen molar-refractivity contribution in [2.45, 2.75) is 89.0 Å². The smallest absolute Gasteiger partial charge is 0.253 e. The van der Waals surface area contributed by atoms with Gasteiger partial charge in [-0.25, -0.2) is 0 Å². The van der Waals surface area contributed by atoms with Crippen LogP contribution in [0.3, 0.4) is 0 Å². The highest BCUT2D eigenvalue weighted by atomic mass is 33.1. The molecule has 50 heavy (non-hydrogen) atoms. The topological polar surface area (TPSA) is 130 Å². The number of methoxy groups -OCH3 is 1. The molecule has 1 rings (SSSR count). The van der Waals surface area contributed by atoms with Gasteiger partial charge in [-0.3, -0.25) is 19.4 Å². The third kappa shape index (κ3) is 22.4. The van der Waals surface area contributed by atoms with Crippen LogP contribution in [0, 0.1) is 0 Å². The van der Waals surface area contributed by atoms with Gasteiger partial charge in [0.2, 0.25) is 11.8 Å². The molecule has 0 spiro atoms. The van der Waals surface area contributed by atoms with E-state index in [0.29, 0.717) is 30.7 Å². The van der Waals surface area contributed by atoms with Crippen molar-refractivity contribution in [3.63, 3.8) is 0 Å². The largest absolute Gasteiger partial charge is 0.394 e. The zero-order valence-electron chi connectivity index (χ0n) is 30.2. The van der Waals surface area contributed by atoms with E-state index < -0.39 is 28.6 Å². The molecule has 0 radical (unpaired) electrons. The maximum atomic E-state index is 13.3. The molecule has 0 saturated carbocycles. The summed E-state index contributed by atoms with van der Waals surface area (Å²) in [7, 11) is 4.44. The molecular formula is C39H58N4O5S2. The normalized spacial score (nSPS) is 13.7. The minimum absolute atomic E-state index is 0.0106. The Hall–Kier alpha value is -3.38. The predicted octanol–water partition coefficient (Wildman–Crippen LogP) is 7.06. The fraction of sp³-hybridized carbons (Fsp3) is 0.487. The highest BCUT2D eigenvalue weighted by Gasteiger charge is 2.38. The lowest BCUT2D eigenvalue weighted by Crippen LogP contribution is -2.58. The van der Waals surface area contributed by atoms with E-state index in [0.717, 1.165) is 38.5 Å². The number of pyridine rings is 1. The van der Waals surface area contributed by atoms with Crippen LogP contribution in [0.15, 0.2) is 97.4 Å². The number of hydrogen-bond acceptors (Lipinski definition) is 8. The Morgan fingerprint density at radius 3 is 2.00 bits per heavy atom. The zero-order chi connectivity index (χ0) is 36.7. The maximum Gasteiger partial charge on any atom is 0.253 e. The van der Waals surface area contributed by atoms with E-state index in [2.05, 4.69) is 94.7 Å². The Morgan fingerprint density at radius 2 is 1.48 bits per heavy atom. The van der Waals surface area contributed by atoms with Gasteiger partial charge in [0, 0.05) is 43.0 Å². The number of aromatic nitrogens is 1. The zero-order valence-corrected chi connectivity index (χ0v) is 31.9. The lowest BCUT2D eigenvalue weighted by atomic mass is 10.0. The number of aliphatic hydroxyl groups excluding tert-OH is 1. The van der Waals surface area contributed by atoms with Crippen molar-refractivity contribution < 1.29 is 24.2 Å². The highest BCUT2D eigenvalue weighted by molar-refractivity contribution is 8.77. The number of nitrogens with zero attached hydrogens (tertiary/aromatic N) is 1. The summed E-state index contributed by atoms with van der Waals surface area (Å²) < 4.78 is 4.34. The van der Waals surface area contributed by atoms with Crippen molar-refractivity contribution in [2.24, 2.45) is 0 Å². The Bertz CT molecular complexity index is 1260. The molecule has 0 aliphatic heterocycles. The molecule has 0 aromatic carbocycles. The van der Waals surface area contributed by atoms with Gasteiger partial charge < -0.3 is 25.8 Å². The Balaban J connectivity index is 2.33. The number of allylic oxidation sites excluding steroid dienone is 12. The monoisotopic (exact) mass is 726 g/mol. The summed E-state index contributed by atoms with van der Waals surface area (Å²) in [6, 6.07) is 1.74. The number of carbonyl (C=O) groups excluding carboxylic acids is 3. The minimum atomic E-state index is -0.922. The molecular weight excluding hydrogens is 669 g/mol. The molecule has 4 N–H and O–H groups in total. The van der Waals surface area contributed by atoms with Crippen LogP contribution in [0.1, 0.15) is 82.5 Å². The summed E-state index contributed by atoms with van der Waals surface area (Å²) in [6.07, 6.45) is 35.8. The second-order valence-electron chi connectivity index (χ2n) is 11.8. The van der Waals surface area contributed by atoms with Gasteiger partial charge in [-0.05, 0) is 70.9 Å². The molecule has 1 unspecified atom stereocenters. The second kappa shape index (κ2) is 29.4. The van der Waals surface area contributed by atoms with E-state index >= 15 is 0 Å². The molecule has 0 saturated heterocycles. The first-order valence-electron chi connectivity index (χ1n) is 17.3. The maximum absolute atomic E-state index is 13.3. The third-order valence-electron chi connectivity index (χ3n) is 7.01. The van der Waals surface area contributed by atoms with Gasteiger partial charge in [0.1, 0.15) is 6.04 Å². The molecule has 0 bridgehead atoms. The fourth-order valence-electron chi connectivity index (χ4n) is 4.31. The quantitative estimate of drug-likeness (QED) is 0.0431. The van der Waals surface area contributed by atoms with Gasteiger partial charge in [0.15, 0.2) is 0 Å². The Morgan fingerprint density at radius 1 is 0.900 bits per heavy atom. The lowest BCUT2D eigenvalue weighted by molar-refractivity contribution is -0.125. The minimum Gasteiger partial charge on any atom is -0.394 e. The average Bonchev–Trinajstić information content (AvgIpc) is 3.11. The number of ether oxygens (including phenoxy) is 1. The van der Waals surface area contributed by atoms with Gasteiger partial charge in [-0.15, -0.1) is 0 Å². The summed E-state index contributed by atoms with van der Waals surface area (Å²) in [5.74, 6) is -0.251. The van der Waals surface area contributed by atoms with Crippen LogP contribution in [0.5, 0.6) is 0 Å². The molecule has 9 nitrogen and oxygen atoms in total. The lowest BCUT2D eigenvalue weighted by Gasteiger charge is -2.33. The SMILES string of the molecule is CC/C=C\C/C=C\C/C=C\C/C=C\C/C=C\C/C=C\CCC(=O)NCCSSC(C)(C)[C@@H](NC(=O)c1cccnc1)C(=O)NC(CO)COC. The van der Waals surface area contributed by atoms with Gasteiger partial charge in [0.25, 0.3) is 5.91 Å². The van der Waals surface area contributed by atoms with Crippen molar-refractivity contribution in [3.8, 4) is 0 Å². The summed E-state index contributed by atoms with van der Waals surface area (Å²) in [6.45, 7) is 6.19. The van der Waals surface area contributed by atoms with Gasteiger partial charge >= 0.3 is 0 Å². The van der Waals surface area contributed by atoms with Crippen LogP contribution < -0.4 is 16.0 Å². The average molecular weight is 727 g/mol. The summed E-state index contributed by atoms with van der Waals surface area (Å²) in [5, 5.41) is 18.2. The standard InChI is InChI=1S/C39H58N4O5S2/c1-5-6-7-8-9-10-11-12-13-14-15-16-17-18-19-20-21-22-23-26-35(45)41-28-29-49-50-39(2,3)36(38(47)42-34(31-44)32-48-4)43-37(46)33-25-24-27-40-30-33/h6-7,9-10,12-13,15-16,18-19,21-22,24-25,27,30,34,36,44H,5,8,11,14,17,20,23,26,28-29,31-32H2,1-4H3,(H,41,45)(H,42,47)(H,43,46)/b7-6-,10-9-,13-12-,16-15-,19-18-,22-21-/t34?,36-/m0/s1. The van der Waals surface area contributed by atoms with Crippen LogP contribution in [0.2, 0.25) is 0 Å². The van der Waals surface area contributed by atoms with E-state index in [1.54, 1.807) is 18.3 Å². The number of aliphatic hydroxyl groups is 1. The number of carbonyl (C=O) groups is 3. The van der Waals surface area contributed by atoms with E-state index in [1.807, 2.05) is 19.9 Å². The number of nitrogens with one attached hydrogen (secondary N) is 3. The van der Waals surface area contributed by atoms with Crippen molar-refractivity contribution >= 4 is 39.3 Å². The third-order valence-corrected chi connectivity index (χ3v) is 10.3. The molecule has 1 heterocycles. The van der Waals surface area contributed by atoms with Crippen LogP contribution in [-0.2, 0) is 14.3 Å². The number of rotatable bonds is 27. The second-order valence-corrected chi connectivity index (χ2v) is 14.9. The molecule has 1 aromatic heterocycles. The van der Waals surface area contributed by atoms with E-state index in [1.165, 1.54) is 34.9 Å². The molecule has 1 aromatic rings. The summed E-state index contributed by atoms with van der Waals surface area (Å²) >= 11 is 0. The van der Waals surface area contributed by atoms with Crippen LogP contribution in [-0.4, -0.2) is 77.3 Å². The molecule has 276 valence electrons. The summed E-state index contributed by atoms with van der Waals surface area (Å²) in [5.41, 5.74) is 0.334. The first kappa shape index (κ1) is 44.6. The molecule has 11 heteroatoms. The van der Waals surface area contributed by atoms with Gasteiger partial charge in [-0.2, -0.15) is 0 Å². The van der Waals surface area contributed by atoms with Crippen molar-refractivity contribution in [1.29, 1.82) is 0 Å². The highest BCUT2D eigenvalue weighted by Crippen LogP contribution is 2.38. The van der Waals surface area contributed by atoms with Gasteiger partial charge in [-0.1, -0.05) is 101 Å². The van der Waals surface area contributed by atoms with Crippen LogP contribution in [0.25, 0.3) is 0 Å². The first-order chi connectivity index (χ1) is 24.2. The first-order valence-corrected chi connectivity index (χ1v) is 19.6. The van der Waals surface area contributed by atoms with Crippen LogP contribution in [0.4, 0.5) is 0 Å². The predicted molar refractivity (Wildman–Crippen MR) is 211 cm³/mol. The number of amides is 3. The van der Waals surface area contributed by atoms with Crippen molar-refractivity contribution in [3.05, 3.63) is 103 Å². The number of hydrogen-bond donors (Lipinski definition) is 4. The Labute approximate surface area is 308 Å². The molecule has 3 amide bonds. The van der Waals surface area contributed by atoms with E-state index in [9.17, 15) is 19.5 Å². The molecule has 0 aliphatic rings. The fourth-order valence-corrected chi connectivity index (χ4v) is 6.84. The van der Waals surface area contributed by atoms with Crippen molar-refractivity contribution in [1.82, 2.24) is 20.9 Å². The van der Waals surface area contributed by atoms with Crippen molar-refractivity contribution in [2.75, 3.05) is 32.6 Å². The molecule has 0 aliphatic carbocycles. The van der Waals surface area contributed by atoms with E-state index in [-0.39, 0.29) is 19.1 Å². The van der Waals surface area contributed by atoms with Gasteiger partial charge in [0.05, 0.1) is 24.8 Å². The summed E-state index contributed by atoms with van der Waals surface area (Å²) in [4.78, 5) is 42.5. The molecule has 0 fully saturated rings. The van der Waals surface area contributed by atoms with E-state index in [4.69, 9.17) is 4.74 Å². The molecule has 2 atom stereocenters.